The van der Waals surface area contributed by atoms with E-state index in [1.54, 1.807) is 35.9 Å². The van der Waals surface area contributed by atoms with Crippen molar-refractivity contribution in [3.63, 3.8) is 0 Å². The fraction of sp³-hybridized carbons (Fsp3) is 0.200. The van der Waals surface area contributed by atoms with Crippen molar-refractivity contribution in [2.45, 2.75) is 26.4 Å². The Morgan fingerprint density at radius 2 is 1.88 bits per heavy atom. The number of anilines is 1. The highest BCUT2D eigenvalue weighted by atomic mass is 32.1. The molecular weight excluding hydrogens is 330 g/mol. The highest BCUT2D eigenvalue weighted by Gasteiger charge is 2.07. The zero-order valence-corrected chi connectivity index (χ0v) is 15.1. The fourth-order valence-electron chi connectivity index (χ4n) is 2.49. The number of hydrogen-bond donors (Lipinski definition) is 2. The number of benzene rings is 1. The second-order valence-electron chi connectivity index (χ2n) is 5.98. The maximum atomic E-state index is 12.1. The van der Waals surface area contributed by atoms with Gasteiger partial charge in [-0.15, -0.1) is 11.3 Å². The maximum Gasteiger partial charge on any atom is 0.255 e. The van der Waals surface area contributed by atoms with E-state index in [2.05, 4.69) is 40.9 Å². The first-order chi connectivity index (χ1) is 12.1. The van der Waals surface area contributed by atoms with E-state index in [0.717, 1.165) is 12.2 Å². The zero-order valence-electron chi connectivity index (χ0n) is 14.3. The second kappa shape index (κ2) is 8.05. The number of pyridine rings is 1. The third-order valence-electron chi connectivity index (χ3n) is 4.02. The lowest BCUT2D eigenvalue weighted by atomic mass is 10.1. The summed E-state index contributed by atoms with van der Waals surface area (Å²) in [5.41, 5.74) is 3.89. The van der Waals surface area contributed by atoms with Crippen LogP contribution in [0.5, 0.6) is 0 Å². The van der Waals surface area contributed by atoms with Crippen LogP contribution in [0.2, 0.25) is 0 Å². The van der Waals surface area contributed by atoms with Crippen molar-refractivity contribution >= 4 is 22.9 Å². The van der Waals surface area contributed by atoms with Gasteiger partial charge in [-0.25, -0.2) is 0 Å². The van der Waals surface area contributed by atoms with Gasteiger partial charge in [-0.2, -0.15) is 0 Å². The summed E-state index contributed by atoms with van der Waals surface area (Å²) in [6.07, 6.45) is 3.22. The first-order valence-corrected chi connectivity index (χ1v) is 9.08. The molecule has 0 saturated heterocycles. The minimum atomic E-state index is -0.130. The number of rotatable bonds is 6. The summed E-state index contributed by atoms with van der Waals surface area (Å²) in [5, 5.41) is 8.62. The number of amides is 1. The summed E-state index contributed by atoms with van der Waals surface area (Å²) >= 11 is 1.78. The third-order valence-corrected chi connectivity index (χ3v) is 4.90. The van der Waals surface area contributed by atoms with E-state index in [9.17, 15) is 4.79 Å². The molecule has 1 atom stereocenters. The van der Waals surface area contributed by atoms with E-state index < -0.39 is 0 Å². The number of aromatic nitrogens is 1. The average molecular weight is 351 g/mol. The fourth-order valence-corrected chi connectivity index (χ4v) is 3.29. The topological polar surface area (TPSA) is 54.0 Å². The number of carbonyl (C=O) groups is 1. The molecule has 128 valence electrons. The predicted octanol–water partition coefficient (Wildman–Crippen LogP) is 4.55. The average Bonchev–Trinajstić information content (AvgIpc) is 3.08. The lowest BCUT2D eigenvalue weighted by Gasteiger charge is -2.13. The van der Waals surface area contributed by atoms with Crippen LogP contribution in [-0.4, -0.2) is 10.9 Å². The molecule has 3 aromatic rings. The highest BCUT2D eigenvalue weighted by molar-refractivity contribution is 7.10. The molecule has 0 fully saturated rings. The molecule has 25 heavy (non-hydrogen) atoms. The first-order valence-electron chi connectivity index (χ1n) is 8.20. The van der Waals surface area contributed by atoms with E-state index in [1.165, 1.54) is 16.0 Å². The summed E-state index contributed by atoms with van der Waals surface area (Å²) < 4.78 is 0. The first kappa shape index (κ1) is 17.3. The largest absolute Gasteiger partial charge is 0.322 e. The predicted molar refractivity (Wildman–Crippen MR) is 103 cm³/mol. The van der Waals surface area contributed by atoms with Gasteiger partial charge in [0.05, 0.1) is 0 Å². The molecule has 2 heterocycles. The summed E-state index contributed by atoms with van der Waals surface area (Å²) in [6.45, 7) is 5.08. The van der Waals surface area contributed by atoms with Crippen molar-refractivity contribution in [1.82, 2.24) is 10.3 Å². The molecule has 1 unspecified atom stereocenters. The molecule has 0 aliphatic heterocycles. The van der Waals surface area contributed by atoms with Crippen LogP contribution in [-0.2, 0) is 6.54 Å². The number of carbonyl (C=O) groups excluding carboxylic acids is 1. The molecule has 4 nitrogen and oxygen atoms in total. The Hall–Kier alpha value is -2.50. The van der Waals surface area contributed by atoms with Gasteiger partial charge >= 0.3 is 0 Å². The standard InChI is InChI=1S/C20H21N3OS/c1-14-11-18(13-25-14)15(2)22-12-16-3-5-19(6-4-16)23-20(24)17-7-9-21-10-8-17/h3-11,13,15,22H,12H2,1-2H3,(H,23,24). The molecule has 2 aromatic heterocycles. The lowest BCUT2D eigenvalue weighted by molar-refractivity contribution is 0.102. The highest BCUT2D eigenvalue weighted by Crippen LogP contribution is 2.20. The van der Waals surface area contributed by atoms with Gasteiger partial charge in [-0.3, -0.25) is 9.78 Å². The van der Waals surface area contributed by atoms with Crippen LogP contribution < -0.4 is 10.6 Å². The number of nitrogens with zero attached hydrogens (tertiary/aromatic N) is 1. The Morgan fingerprint density at radius 3 is 2.52 bits per heavy atom. The molecule has 0 aliphatic rings. The number of nitrogens with one attached hydrogen (secondary N) is 2. The van der Waals surface area contributed by atoms with Crippen molar-refractivity contribution in [3.05, 3.63) is 81.8 Å². The summed E-state index contributed by atoms with van der Waals surface area (Å²) in [4.78, 5) is 17.4. The van der Waals surface area contributed by atoms with Crippen molar-refractivity contribution in [2.24, 2.45) is 0 Å². The molecular formula is C20H21N3OS. The molecule has 1 amide bonds. The molecule has 2 N–H and O–H groups in total. The van der Waals surface area contributed by atoms with Gasteiger partial charge in [0, 0.05) is 41.1 Å². The van der Waals surface area contributed by atoms with Gasteiger partial charge in [0.2, 0.25) is 0 Å². The quantitative estimate of drug-likeness (QED) is 0.685. The Labute approximate surface area is 151 Å². The van der Waals surface area contributed by atoms with Gasteiger partial charge < -0.3 is 10.6 Å². The van der Waals surface area contributed by atoms with Gasteiger partial charge in [0.1, 0.15) is 0 Å². The van der Waals surface area contributed by atoms with Crippen LogP contribution in [0.25, 0.3) is 0 Å². The number of aryl methyl sites for hydroxylation is 1. The molecule has 0 spiro atoms. The van der Waals surface area contributed by atoms with Crippen LogP contribution in [0.1, 0.15) is 39.3 Å². The number of hydrogen-bond acceptors (Lipinski definition) is 4. The van der Waals surface area contributed by atoms with E-state index in [-0.39, 0.29) is 5.91 Å². The molecule has 1 aromatic carbocycles. The third kappa shape index (κ3) is 4.75. The van der Waals surface area contributed by atoms with Crippen LogP contribution in [0, 0.1) is 6.92 Å². The molecule has 0 aliphatic carbocycles. The monoisotopic (exact) mass is 351 g/mol. The van der Waals surface area contributed by atoms with Crippen molar-refractivity contribution in [1.29, 1.82) is 0 Å². The normalized spacial score (nSPS) is 11.9. The van der Waals surface area contributed by atoms with Crippen molar-refractivity contribution in [3.8, 4) is 0 Å². The molecule has 0 saturated carbocycles. The SMILES string of the molecule is Cc1cc(C(C)NCc2ccc(NC(=O)c3ccncc3)cc2)cs1. The van der Waals surface area contributed by atoms with Crippen molar-refractivity contribution in [2.75, 3.05) is 5.32 Å². The van der Waals surface area contributed by atoms with Crippen LogP contribution >= 0.6 is 11.3 Å². The van der Waals surface area contributed by atoms with Gasteiger partial charge in [-0.05, 0) is 60.7 Å². The summed E-state index contributed by atoms with van der Waals surface area (Å²) in [5.74, 6) is -0.130. The van der Waals surface area contributed by atoms with Gasteiger partial charge in [-0.1, -0.05) is 12.1 Å². The molecule has 0 radical (unpaired) electrons. The minimum Gasteiger partial charge on any atom is -0.322 e. The minimum absolute atomic E-state index is 0.130. The number of thiophene rings is 1. The Balaban J connectivity index is 1.54. The van der Waals surface area contributed by atoms with Crippen LogP contribution in [0.3, 0.4) is 0 Å². The van der Waals surface area contributed by atoms with E-state index >= 15 is 0 Å². The lowest BCUT2D eigenvalue weighted by Crippen LogP contribution is -2.17. The van der Waals surface area contributed by atoms with E-state index in [4.69, 9.17) is 0 Å². The summed E-state index contributed by atoms with van der Waals surface area (Å²) in [7, 11) is 0. The van der Waals surface area contributed by atoms with E-state index in [1.807, 2.05) is 24.3 Å². The van der Waals surface area contributed by atoms with Crippen LogP contribution in [0.4, 0.5) is 5.69 Å². The van der Waals surface area contributed by atoms with Crippen molar-refractivity contribution < 1.29 is 4.79 Å². The van der Waals surface area contributed by atoms with E-state index in [0.29, 0.717) is 11.6 Å². The zero-order chi connectivity index (χ0) is 17.6. The molecule has 5 heteroatoms. The van der Waals surface area contributed by atoms with Gasteiger partial charge in [0.25, 0.3) is 5.91 Å². The summed E-state index contributed by atoms with van der Waals surface area (Å²) in [6, 6.07) is 13.8. The Morgan fingerprint density at radius 1 is 1.16 bits per heavy atom. The second-order valence-corrected chi connectivity index (χ2v) is 7.10. The van der Waals surface area contributed by atoms with Crippen LogP contribution in [0.15, 0.2) is 60.2 Å². The Bertz CT molecular complexity index is 828. The van der Waals surface area contributed by atoms with Gasteiger partial charge in [0.15, 0.2) is 0 Å². The molecule has 0 bridgehead atoms. The Kier molecular flexibility index (Phi) is 5.58. The maximum absolute atomic E-state index is 12.1. The smallest absolute Gasteiger partial charge is 0.255 e. The molecule has 3 rings (SSSR count).